The van der Waals surface area contributed by atoms with Gasteiger partial charge in [0.1, 0.15) is 29.9 Å². The van der Waals surface area contributed by atoms with E-state index < -0.39 is 35.8 Å². The van der Waals surface area contributed by atoms with E-state index in [1.165, 1.54) is 6.92 Å². The SMILES string of the molecule is CCC(CSC1CCC1SCC(CC(=O)CCOCCC(C)=O)C(=O)O)C(=O)NCCOCCOC(=O)[C@@H](CCC(=O)O)NC(=O)c1ccc(CCc2c[nH]c3nc(N)[nH]c(=O)c23)cc1. The zero-order valence-corrected chi connectivity index (χ0v) is 38.4. The summed E-state index contributed by atoms with van der Waals surface area (Å²) in [5, 5.41) is 25.3. The number of nitrogens with zero attached hydrogens (tertiary/aromatic N) is 1. The van der Waals surface area contributed by atoms with E-state index in [0.29, 0.717) is 41.8 Å². The number of hydrogen-bond donors (Lipinski definition) is 7. The van der Waals surface area contributed by atoms with Gasteiger partial charge in [-0.05, 0) is 68.7 Å². The number of carboxylic acids is 2. The number of Topliss-reactive ketones (excluding diaryl/α,β-unsaturated/α-hetero) is 2. The largest absolute Gasteiger partial charge is 0.481 e. The molecular weight excluding hydrogens is 885 g/mol. The highest BCUT2D eigenvalue weighted by Crippen LogP contribution is 2.42. The molecule has 19 nitrogen and oxygen atoms in total. The topological polar surface area (TPSA) is 299 Å². The Morgan fingerprint density at radius 1 is 0.892 bits per heavy atom. The lowest BCUT2D eigenvalue weighted by Gasteiger charge is -2.36. The van der Waals surface area contributed by atoms with Gasteiger partial charge in [0.25, 0.3) is 11.5 Å². The summed E-state index contributed by atoms with van der Waals surface area (Å²) in [6.07, 6.45) is 5.03. The maximum absolute atomic E-state index is 13.1. The van der Waals surface area contributed by atoms with Crippen LogP contribution in [0.4, 0.5) is 5.95 Å². The van der Waals surface area contributed by atoms with E-state index in [2.05, 4.69) is 25.6 Å². The van der Waals surface area contributed by atoms with Crippen LogP contribution in [0.2, 0.25) is 0 Å². The summed E-state index contributed by atoms with van der Waals surface area (Å²) < 4.78 is 16.1. The van der Waals surface area contributed by atoms with E-state index >= 15 is 0 Å². The Labute approximate surface area is 384 Å². The number of rotatable bonds is 32. The average molecular weight is 945 g/mol. The zero-order valence-electron chi connectivity index (χ0n) is 36.7. The second-order valence-corrected chi connectivity index (χ2v) is 18.3. The van der Waals surface area contributed by atoms with Crippen molar-refractivity contribution in [1.29, 1.82) is 0 Å². The molecule has 2 amide bonds. The van der Waals surface area contributed by atoms with Crippen molar-refractivity contribution in [3.63, 3.8) is 0 Å². The van der Waals surface area contributed by atoms with Crippen LogP contribution in [-0.4, -0.2) is 134 Å². The third-order valence-corrected chi connectivity index (χ3v) is 14.1. The van der Waals surface area contributed by atoms with Crippen molar-refractivity contribution in [3.8, 4) is 0 Å². The van der Waals surface area contributed by atoms with Gasteiger partial charge in [-0.2, -0.15) is 28.5 Å². The predicted octanol–water partition coefficient (Wildman–Crippen LogP) is 3.33. The molecule has 2 aromatic heterocycles. The summed E-state index contributed by atoms with van der Waals surface area (Å²) in [4.78, 5) is 107. The van der Waals surface area contributed by atoms with Gasteiger partial charge in [-0.1, -0.05) is 19.1 Å². The Morgan fingerprint density at radius 2 is 1.57 bits per heavy atom. The maximum atomic E-state index is 13.1. The van der Waals surface area contributed by atoms with Crippen molar-refractivity contribution in [1.82, 2.24) is 25.6 Å². The number of amides is 2. The zero-order chi connectivity index (χ0) is 47.3. The van der Waals surface area contributed by atoms with Crippen molar-refractivity contribution in [2.45, 2.75) is 94.6 Å². The number of H-pyrrole nitrogens is 2. The van der Waals surface area contributed by atoms with Gasteiger partial charge in [0, 0.05) is 71.9 Å². The number of aromatic nitrogens is 3. The highest BCUT2D eigenvalue weighted by molar-refractivity contribution is 8.04. The van der Waals surface area contributed by atoms with E-state index in [1.54, 1.807) is 54.0 Å². The summed E-state index contributed by atoms with van der Waals surface area (Å²) in [7, 11) is 0. The van der Waals surface area contributed by atoms with Gasteiger partial charge in [-0.15, -0.1) is 0 Å². The van der Waals surface area contributed by atoms with Crippen molar-refractivity contribution in [2.24, 2.45) is 11.8 Å². The first-order valence-corrected chi connectivity index (χ1v) is 23.8. The number of nitrogens with one attached hydrogen (secondary N) is 4. The Kier molecular flexibility index (Phi) is 22.0. The first-order valence-electron chi connectivity index (χ1n) is 21.7. The molecule has 4 rings (SSSR count). The minimum Gasteiger partial charge on any atom is -0.481 e. The summed E-state index contributed by atoms with van der Waals surface area (Å²) in [6.45, 7) is 4.00. The quantitative estimate of drug-likeness (QED) is 0.0349. The maximum Gasteiger partial charge on any atom is 0.328 e. The molecule has 1 saturated carbocycles. The smallest absolute Gasteiger partial charge is 0.328 e. The molecule has 21 heteroatoms. The molecule has 5 atom stereocenters. The van der Waals surface area contributed by atoms with Crippen molar-refractivity contribution >= 4 is 81.8 Å². The van der Waals surface area contributed by atoms with Gasteiger partial charge >= 0.3 is 17.9 Å². The van der Waals surface area contributed by atoms with Crippen LogP contribution in [0, 0.1) is 11.8 Å². The number of ketones is 2. The van der Waals surface area contributed by atoms with Gasteiger partial charge in [0.05, 0.1) is 37.7 Å². The standard InChI is InChI=1S/C44H60N6O13S2/c1-3-28(24-64-34-11-12-35(34)65-25-31(42(58)59)22-32(52)15-18-61-17-14-26(2)51)39(55)46-16-19-62-20-21-63-43(60)33(10-13-36(53)54)48-40(56)29-7-4-27(5-8-29)6-9-30-23-47-38-37(30)41(57)50-44(45)49-38/h4-5,7-8,23,28,31,33-35H,3,6,9-22,24-25H2,1-2H3,(H,46,55)(H,48,56)(H,53,54)(H,58,59)(H4,45,47,49,50,57)/t28?,31?,33-,34?,35?/m1/s1. The van der Waals surface area contributed by atoms with Crippen molar-refractivity contribution in [3.05, 3.63) is 57.5 Å². The molecule has 65 heavy (non-hydrogen) atoms. The second-order valence-electron chi connectivity index (χ2n) is 15.7. The first-order chi connectivity index (χ1) is 31.1. The van der Waals surface area contributed by atoms with Gasteiger partial charge in [0.15, 0.2) is 0 Å². The predicted molar refractivity (Wildman–Crippen MR) is 245 cm³/mol. The lowest BCUT2D eigenvalue weighted by Crippen LogP contribution is -2.42. The van der Waals surface area contributed by atoms with Crippen LogP contribution in [0.25, 0.3) is 11.0 Å². The molecule has 1 aromatic carbocycles. The molecule has 3 aromatic rings. The van der Waals surface area contributed by atoms with Crippen LogP contribution in [0.15, 0.2) is 35.3 Å². The second kappa shape index (κ2) is 27.3. The molecule has 0 spiro atoms. The number of fused-ring (bicyclic) bond motifs is 1. The average Bonchev–Trinajstić information content (AvgIpc) is 3.67. The van der Waals surface area contributed by atoms with Crippen molar-refractivity contribution in [2.75, 3.05) is 56.8 Å². The molecule has 0 radical (unpaired) electrons. The monoisotopic (exact) mass is 944 g/mol. The van der Waals surface area contributed by atoms with Gasteiger partial charge < -0.3 is 45.8 Å². The number of aryl methyl sites for hydroxylation is 2. The van der Waals surface area contributed by atoms with Crippen LogP contribution >= 0.6 is 23.5 Å². The van der Waals surface area contributed by atoms with E-state index in [4.69, 9.17) is 19.9 Å². The number of aliphatic carboxylic acids is 2. The Balaban J connectivity index is 1.11. The summed E-state index contributed by atoms with van der Waals surface area (Å²) in [5.74, 6) is -3.97. The number of carbonyl (C=O) groups excluding carboxylic acids is 5. The Hall–Kier alpha value is -5.25. The van der Waals surface area contributed by atoms with Crippen LogP contribution in [-0.2, 0) is 55.8 Å². The van der Waals surface area contributed by atoms with Crippen LogP contribution < -0.4 is 21.9 Å². The number of anilines is 1. The van der Waals surface area contributed by atoms with Crippen molar-refractivity contribution < 1.29 is 58.0 Å². The third-order valence-electron chi connectivity index (χ3n) is 10.8. The summed E-state index contributed by atoms with van der Waals surface area (Å²) in [6, 6.07) is 5.44. The number of ether oxygens (including phenoxy) is 3. The van der Waals surface area contributed by atoms with Gasteiger partial charge in [-0.25, -0.2) is 4.79 Å². The van der Waals surface area contributed by atoms with E-state index in [0.717, 1.165) is 24.0 Å². The molecule has 2 heterocycles. The van der Waals surface area contributed by atoms with Crippen LogP contribution in [0.3, 0.4) is 0 Å². The number of esters is 1. The van der Waals surface area contributed by atoms with Gasteiger partial charge in [0.2, 0.25) is 11.9 Å². The minimum absolute atomic E-state index is 0.00112. The number of hydrogen-bond acceptors (Lipinski definition) is 15. The molecular formula is C44H60N6O13S2. The normalized spacial score (nSPS) is 15.9. The van der Waals surface area contributed by atoms with E-state index in [1.807, 2.05) is 6.92 Å². The molecule has 356 valence electrons. The highest BCUT2D eigenvalue weighted by Gasteiger charge is 2.34. The fraction of sp³-hybridized carbons (Fsp3) is 0.568. The molecule has 4 unspecified atom stereocenters. The van der Waals surface area contributed by atoms with Crippen LogP contribution in [0.1, 0.15) is 86.7 Å². The molecule has 0 saturated heterocycles. The number of nitrogens with two attached hydrogens (primary N) is 1. The van der Waals surface area contributed by atoms with Gasteiger partial charge in [-0.3, -0.25) is 38.5 Å². The Morgan fingerprint density at radius 3 is 2.22 bits per heavy atom. The first kappa shape index (κ1) is 52.4. The minimum atomic E-state index is -1.22. The van der Waals surface area contributed by atoms with E-state index in [-0.39, 0.29) is 123 Å². The summed E-state index contributed by atoms with van der Waals surface area (Å²) in [5.41, 5.74) is 7.57. The molecule has 0 aliphatic heterocycles. The molecule has 1 aliphatic carbocycles. The number of benzene rings is 1. The molecule has 1 fully saturated rings. The lowest BCUT2D eigenvalue weighted by atomic mass is 9.99. The Bertz CT molecular complexity index is 2150. The number of carboxylic acid groups (broad SMARTS) is 2. The summed E-state index contributed by atoms with van der Waals surface area (Å²) >= 11 is 3.26. The fourth-order valence-electron chi connectivity index (χ4n) is 6.75. The molecule has 1 aliphatic rings. The third kappa shape index (κ3) is 17.9. The highest BCUT2D eigenvalue weighted by atomic mass is 32.2. The number of nitrogen functional groups attached to an aromatic ring is 1. The fourth-order valence-corrected chi connectivity index (χ4v) is 10.1. The lowest BCUT2D eigenvalue weighted by molar-refractivity contribution is -0.148. The number of aromatic amines is 2. The van der Waals surface area contributed by atoms with E-state index in [9.17, 15) is 48.6 Å². The molecule has 0 bridgehead atoms. The molecule has 8 N–H and O–H groups in total. The number of thioether (sulfide) groups is 2. The van der Waals surface area contributed by atoms with Crippen LogP contribution in [0.5, 0.6) is 0 Å². The number of carbonyl (C=O) groups is 7.